The molecule has 0 aliphatic heterocycles. The Hall–Kier alpha value is -9.50. The molecule has 0 bridgehead atoms. The molecule has 0 unspecified atom stereocenters. The van der Waals surface area contributed by atoms with Crippen LogP contribution in [0.1, 0.15) is 0 Å². The van der Waals surface area contributed by atoms with Crippen LogP contribution in [0.5, 0.6) is 11.5 Å². The minimum absolute atomic E-state index is 0.0956. The second-order valence-corrected chi connectivity index (χ2v) is 15.6. The maximum Gasteiger partial charge on any atom is 0.264 e. The quantitative estimate of drug-likeness (QED) is 0.153. The van der Waals surface area contributed by atoms with Crippen molar-refractivity contribution >= 4 is 99.2 Å². The van der Waals surface area contributed by atoms with Crippen LogP contribution in [0.4, 0.5) is 22.7 Å². The molecule has 15 heteroatoms. The molecule has 13 rings (SSSR count). The zero-order valence-electron chi connectivity index (χ0n) is 33.4. The summed E-state index contributed by atoms with van der Waals surface area (Å²) in [4.78, 5) is 37.0. The van der Waals surface area contributed by atoms with Crippen LogP contribution in [0.2, 0.25) is 0 Å². The number of rotatable bonds is 6. The van der Waals surface area contributed by atoms with Crippen molar-refractivity contribution in [2.24, 2.45) is 20.5 Å². The molecule has 0 amide bonds. The summed E-state index contributed by atoms with van der Waals surface area (Å²) in [6.07, 6.45) is 0. The summed E-state index contributed by atoms with van der Waals surface area (Å²) in [7, 11) is 0. The van der Waals surface area contributed by atoms with Gasteiger partial charge in [-0.15, -0.1) is 20.4 Å². The van der Waals surface area contributed by atoms with Crippen molar-refractivity contribution in [3.8, 4) is 34.4 Å². The van der Waals surface area contributed by atoms with E-state index < -0.39 is 0 Å². The highest BCUT2D eigenvalue weighted by molar-refractivity contribution is 6.20. The van der Waals surface area contributed by atoms with E-state index in [1.165, 1.54) is 6.07 Å². The first-order valence-electron chi connectivity index (χ1n) is 20.4. The Bertz CT molecular complexity index is 4210. The van der Waals surface area contributed by atoms with Gasteiger partial charge in [0.05, 0.1) is 38.8 Å². The molecule has 13 aromatic rings. The maximum atomic E-state index is 13.8. The van der Waals surface area contributed by atoms with Crippen molar-refractivity contribution in [2.75, 3.05) is 0 Å². The molecule has 0 aliphatic rings. The van der Waals surface area contributed by atoms with Crippen LogP contribution in [-0.2, 0) is 0 Å². The number of imidazole rings is 2. The number of hydrogen-bond donors (Lipinski definition) is 2. The van der Waals surface area contributed by atoms with E-state index in [9.17, 15) is 19.8 Å². The molecule has 15 nitrogen and oxygen atoms in total. The largest absolute Gasteiger partial charge is 0.506 e. The van der Waals surface area contributed by atoms with Gasteiger partial charge in [0.15, 0.2) is 0 Å². The zero-order valence-corrected chi connectivity index (χ0v) is 33.4. The summed E-state index contributed by atoms with van der Waals surface area (Å²) >= 11 is 0. The van der Waals surface area contributed by atoms with Crippen LogP contribution >= 0.6 is 0 Å². The molecule has 0 atom stereocenters. The van der Waals surface area contributed by atoms with E-state index in [1.807, 2.05) is 60.7 Å². The van der Waals surface area contributed by atoms with E-state index in [-0.39, 0.29) is 45.8 Å². The molecule has 0 spiro atoms. The minimum Gasteiger partial charge on any atom is -0.506 e. The summed E-state index contributed by atoms with van der Waals surface area (Å²) < 4.78 is 9.21. The highest BCUT2D eigenvalue weighted by atomic mass is 16.4. The first kappa shape index (κ1) is 36.2. The van der Waals surface area contributed by atoms with Crippen molar-refractivity contribution in [1.82, 2.24) is 29.0 Å². The van der Waals surface area contributed by atoms with Gasteiger partial charge in [-0.2, -0.15) is 10.2 Å². The molecule has 65 heavy (non-hydrogen) atoms. The highest BCUT2D eigenvalue weighted by Crippen LogP contribution is 2.43. The predicted octanol–water partition coefficient (Wildman–Crippen LogP) is 11.5. The van der Waals surface area contributed by atoms with Gasteiger partial charge < -0.3 is 14.6 Å². The number of aromatic nitrogens is 6. The van der Waals surface area contributed by atoms with Gasteiger partial charge in [0.2, 0.25) is 11.8 Å². The average Bonchev–Trinajstić information content (AvgIpc) is 4.09. The third kappa shape index (κ3) is 5.35. The van der Waals surface area contributed by atoms with E-state index >= 15 is 0 Å². The summed E-state index contributed by atoms with van der Waals surface area (Å²) in [5.41, 5.74) is 6.08. The second kappa shape index (κ2) is 13.5. The Morgan fingerprint density at radius 1 is 0.446 bits per heavy atom. The summed E-state index contributed by atoms with van der Waals surface area (Å²) in [5.74, 6) is 0.310. The van der Waals surface area contributed by atoms with Crippen LogP contribution < -0.4 is 11.1 Å². The SMILES string of the molecule is O=c1c2cc(O)c(N=Nc3ccc(-c4nnc(-c5ccc(N=Nc6c(O)cc7c8c6cccc8c(=O)n6c8ccccc8nc76)cc5)o4)cc3)c3cccc(c32)c2nc3ccccc3n12. The molecule has 2 N–H and O–H groups in total. The normalized spacial score (nSPS) is 12.4. The molecular weight excluding hydrogens is 821 g/mol. The summed E-state index contributed by atoms with van der Waals surface area (Å²) in [6, 6.07) is 42.9. The lowest BCUT2D eigenvalue weighted by molar-refractivity contribution is 0.477. The van der Waals surface area contributed by atoms with Crippen molar-refractivity contribution < 1.29 is 14.6 Å². The number of phenols is 2. The molecule has 8 aromatic carbocycles. The van der Waals surface area contributed by atoms with Crippen molar-refractivity contribution in [1.29, 1.82) is 0 Å². The van der Waals surface area contributed by atoms with Gasteiger partial charge in [-0.1, -0.05) is 54.6 Å². The van der Waals surface area contributed by atoms with Gasteiger partial charge in [-0.25, -0.2) is 9.97 Å². The van der Waals surface area contributed by atoms with Crippen LogP contribution in [0, 0.1) is 0 Å². The lowest BCUT2D eigenvalue weighted by atomic mass is 10.0. The molecule has 0 radical (unpaired) electrons. The van der Waals surface area contributed by atoms with Crippen molar-refractivity contribution in [2.45, 2.75) is 0 Å². The number of hydrogen-bond acceptors (Lipinski definition) is 13. The molecule has 5 heterocycles. The van der Waals surface area contributed by atoms with Crippen LogP contribution in [0.15, 0.2) is 180 Å². The third-order valence-electron chi connectivity index (χ3n) is 11.9. The van der Waals surface area contributed by atoms with E-state index in [4.69, 9.17) is 14.4 Å². The first-order chi connectivity index (χ1) is 31.9. The van der Waals surface area contributed by atoms with Crippen LogP contribution in [0.25, 0.3) is 99.4 Å². The van der Waals surface area contributed by atoms with Gasteiger partial charge in [0.25, 0.3) is 11.1 Å². The number of benzene rings is 8. The van der Waals surface area contributed by atoms with Gasteiger partial charge in [-0.3, -0.25) is 18.4 Å². The lowest BCUT2D eigenvalue weighted by Gasteiger charge is -2.10. The van der Waals surface area contributed by atoms with E-state index in [1.54, 1.807) is 87.7 Å². The molecule has 0 saturated heterocycles. The standard InChI is InChI=1S/C50H26N10O5/c61-39-23-33-42-30(8-6-10-32(42)49(63)60-38-14-4-2-12-36(38)52-46(33)60)44(39)56-54-28-21-17-26(18-22-28)48-58-57-47(65-48)25-15-19-27(20-16-25)53-55-43-29-7-5-9-31-41(29)34(24-40(43)62)50(64)59-37-13-3-1-11-35(37)51-45(31)59/h1-24,61-62H. The monoisotopic (exact) mass is 846 g/mol. The fraction of sp³-hybridized carbons (Fsp3) is 0. The van der Waals surface area contributed by atoms with Gasteiger partial charge in [0.1, 0.15) is 34.2 Å². The van der Waals surface area contributed by atoms with Gasteiger partial charge >= 0.3 is 0 Å². The van der Waals surface area contributed by atoms with E-state index in [0.717, 1.165) is 5.39 Å². The average molecular weight is 847 g/mol. The van der Waals surface area contributed by atoms with Crippen molar-refractivity contribution in [3.05, 3.63) is 166 Å². The first-order valence-corrected chi connectivity index (χ1v) is 20.4. The topological polar surface area (TPSA) is 198 Å². The Morgan fingerprint density at radius 3 is 1.45 bits per heavy atom. The van der Waals surface area contributed by atoms with E-state index in [2.05, 4.69) is 30.7 Å². The zero-order chi connectivity index (χ0) is 43.5. The Morgan fingerprint density at radius 2 is 0.892 bits per heavy atom. The smallest absolute Gasteiger partial charge is 0.264 e. The number of para-hydroxylation sites is 4. The Labute approximate surface area is 362 Å². The third-order valence-corrected chi connectivity index (χ3v) is 11.9. The Kier molecular flexibility index (Phi) is 7.51. The minimum atomic E-state index is -0.276. The number of pyridine rings is 2. The highest BCUT2D eigenvalue weighted by Gasteiger charge is 2.22. The molecule has 0 fully saturated rings. The summed E-state index contributed by atoms with van der Waals surface area (Å²) in [5, 5.41) is 53.3. The molecule has 5 aromatic heterocycles. The fourth-order valence-electron chi connectivity index (χ4n) is 8.91. The maximum absolute atomic E-state index is 13.8. The summed E-state index contributed by atoms with van der Waals surface area (Å²) in [6.45, 7) is 0. The van der Waals surface area contributed by atoms with Crippen molar-refractivity contribution in [3.63, 3.8) is 0 Å². The van der Waals surface area contributed by atoms with Gasteiger partial charge in [-0.05, 0) is 91.0 Å². The number of fused-ring (bicyclic) bond motifs is 8. The molecule has 0 saturated carbocycles. The number of phenolic OH excluding ortho intramolecular Hbond substituents is 2. The fourth-order valence-corrected chi connectivity index (χ4v) is 8.91. The molecule has 0 aliphatic carbocycles. The number of azo groups is 2. The molecule has 306 valence electrons. The Balaban J connectivity index is 0.758. The second-order valence-electron chi connectivity index (χ2n) is 15.6. The van der Waals surface area contributed by atoms with Gasteiger partial charge in [0, 0.05) is 48.8 Å². The predicted molar refractivity (Wildman–Crippen MR) is 247 cm³/mol. The number of nitrogens with zero attached hydrogens (tertiary/aromatic N) is 10. The van der Waals surface area contributed by atoms with E-state index in [0.29, 0.717) is 93.6 Å². The number of aromatic hydroxyl groups is 2. The van der Waals surface area contributed by atoms with Crippen LogP contribution in [-0.4, -0.2) is 39.2 Å². The molecular formula is C50H26N10O5. The lowest BCUT2D eigenvalue weighted by Crippen LogP contribution is -2.13. The van der Waals surface area contributed by atoms with Crippen LogP contribution in [0.3, 0.4) is 0 Å².